The number of hydrogen-bond donors (Lipinski definition) is 3. The second kappa shape index (κ2) is 55.2. The summed E-state index contributed by atoms with van der Waals surface area (Å²) in [6.07, 6.45) is 71.1. The Hall–Kier alpha value is -2.70. The number of aliphatic hydroxyl groups is 2. The van der Waals surface area contributed by atoms with Crippen molar-refractivity contribution in [1.29, 1.82) is 0 Å². The zero-order valence-electron chi connectivity index (χ0n) is 45.0. The Morgan fingerprint density at radius 1 is 0.441 bits per heavy atom. The summed E-state index contributed by atoms with van der Waals surface area (Å²) in [6, 6.07) is -0.719. The molecule has 0 radical (unpaired) electrons. The zero-order chi connectivity index (χ0) is 49.5. The van der Waals surface area contributed by atoms with Crippen molar-refractivity contribution >= 4 is 11.9 Å². The summed E-state index contributed by atoms with van der Waals surface area (Å²) in [5, 5.41) is 23.9. The largest absolute Gasteiger partial charge is 0.462 e. The van der Waals surface area contributed by atoms with E-state index < -0.39 is 18.2 Å². The molecule has 0 fully saturated rings. The van der Waals surface area contributed by atoms with Gasteiger partial charge in [0, 0.05) is 6.42 Å². The number of allylic oxidation sites excluding steroid dienone is 12. The van der Waals surface area contributed by atoms with Crippen LogP contribution in [0.4, 0.5) is 0 Å². The van der Waals surface area contributed by atoms with E-state index in [1.165, 1.54) is 135 Å². The van der Waals surface area contributed by atoms with Crippen LogP contribution in [0.5, 0.6) is 0 Å². The van der Waals surface area contributed by atoms with Gasteiger partial charge >= 0.3 is 5.97 Å². The Labute approximate surface area is 421 Å². The number of rotatable bonds is 52. The number of esters is 1. The van der Waals surface area contributed by atoms with E-state index in [0.29, 0.717) is 19.3 Å². The average molecular weight is 951 g/mol. The summed E-state index contributed by atoms with van der Waals surface area (Å²) < 4.78 is 5.93. The molecule has 0 aromatic carbocycles. The third-order valence-corrected chi connectivity index (χ3v) is 13.0. The molecule has 0 bridgehead atoms. The minimum Gasteiger partial charge on any atom is -0.462 e. The van der Waals surface area contributed by atoms with Gasteiger partial charge in [0.2, 0.25) is 5.91 Å². The van der Waals surface area contributed by atoms with E-state index in [-0.39, 0.29) is 24.9 Å². The molecule has 6 heteroatoms. The maximum atomic E-state index is 13.3. The summed E-state index contributed by atoms with van der Waals surface area (Å²) in [5.41, 5.74) is 0. The quantitative estimate of drug-likeness (QED) is 0.0244. The molecule has 0 spiro atoms. The third-order valence-electron chi connectivity index (χ3n) is 13.0. The first-order valence-corrected chi connectivity index (χ1v) is 29.2. The summed E-state index contributed by atoms with van der Waals surface area (Å²) >= 11 is 0. The molecule has 0 aliphatic rings. The van der Waals surface area contributed by atoms with Crippen molar-refractivity contribution in [2.24, 2.45) is 0 Å². The van der Waals surface area contributed by atoms with Gasteiger partial charge < -0.3 is 20.3 Å². The van der Waals surface area contributed by atoms with Crippen molar-refractivity contribution in [3.8, 4) is 0 Å². The summed E-state index contributed by atoms with van der Waals surface area (Å²) in [4.78, 5) is 26.3. The van der Waals surface area contributed by atoms with E-state index in [0.717, 1.165) is 103 Å². The lowest BCUT2D eigenvalue weighted by Gasteiger charge is -2.24. The summed E-state index contributed by atoms with van der Waals surface area (Å²) in [7, 11) is 0. The fourth-order valence-corrected chi connectivity index (χ4v) is 8.58. The monoisotopic (exact) mass is 950 g/mol. The minimum absolute atomic E-state index is 0.0491. The molecule has 3 unspecified atom stereocenters. The lowest BCUT2D eigenvalue weighted by atomic mass is 10.0. The van der Waals surface area contributed by atoms with Crippen LogP contribution in [0.2, 0.25) is 0 Å². The Morgan fingerprint density at radius 2 is 0.794 bits per heavy atom. The van der Waals surface area contributed by atoms with Crippen molar-refractivity contribution in [2.75, 3.05) is 6.61 Å². The van der Waals surface area contributed by atoms with Crippen molar-refractivity contribution in [1.82, 2.24) is 5.32 Å². The van der Waals surface area contributed by atoms with Crippen LogP contribution in [-0.2, 0) is 14.3 Å². The van der Waals surface area contributed by atoms with Crippen LogP contribution in [0, 0.1) is 0 Å². The molecule has 0 saturated carbocycles. The van der Waals surface area contributed by atoms with Gasteiger partial charge in [0.25, 0.3) is 0 Å². The van der Waals surface area contributed by atoms with Gasteiger partial charge in [-0.2, -0.15) is 0 Å². The number of carbonyl (C=O) groups is 2. The maximum Gasteiger partial charge on any atom is 0.306 e. The van der Waals surface area contributed by atoms with Crippen LogP contribution in [-0.4, -0.2) is 46.9 Å². The van der Waals surface area contributed by atoms with Crippen LogP contribution >= 0.6 is 0 Å². The number of hydrogen-bond acceptors (Lipinski definition) is 5. The predicted octanol–water partition coefficient (Wildman–Crippen LogP) is 18.1. The molecule has 0 aliphatic heterocycles. The first kappa shape index (κ1) is 65.3. The SMILES string of the molecule is CCCCC/C=C\C/C=C\C/C=C\C/C=C\CCCCCC(=O)OC(CCCCCC/C=C/C=C/CCCCC)CC(=O)NC(CO)C(O)CCCCCCCCCCCCCCCCCCC. The van der Waals surface area contributed by atoms with Gasteiger partial charge in [0.1, 0.15) is 6.10 Å². The Kier molecular flexibility index (Phi) is 53.0. The van der Waals surface area contributed by atoms with Gasteiger partial charge in [0.05, 0.1) is 25.2 Å². The highest BCUT2D eigenvalue weighted by Crippen LogP contribution is 2.18. The second-order valence-electron chi connectivity index (χ2n) is 19.7. The molecular formula is C62H111NO5. The molecular weight excluding hydrogens is 839 g/mol. The van der Waals surface area contributed by atoms with Gasteiger partial charge in [-0.3, -0.25) is 9.59 Å². The lowest BCUT2D eigenvalue weighted by Crippen LogP contribution is -2.46. The number of aliphatic hydroxyl groups excluding tert-OH is 2. The van der Waals surface area contributed by atoms with E-state index in [1.807, 2.05) is 0 Å². The zero-order valence-corrected chi connectivity index (χ0v) is 45.0. The van der Waals surface area contributed by atoms with Crippen LogP contribution in [0.25, 0.3) is 0 Å². The first-order valence-electron chi connectivity index (χ1n) is 29.2. The van der Waals surface area contributed by atoms with Crippen LogP contribution in [0.15, 0.2) is 72.9 Å². The average Bonchev–Trinajstić information content (AvgIpc) is 3.33. The van der Waals surface area contributed by atoms with E-state index in [9.17, 15) is 19.8 Å². The Bertz CT molecular complexity index is 1250. The van der Waals surface area contributed by atoms with Gasteiger partial charge in [0.15, 0.2) is 0 Å². The molecule has 0 aromatic heterocycles. The minimum atomic E-state index is -0.803. The van der Waals surface area contributed by atoms with Crippen molar-refractivity contribution in [2.45, 2.75) is 302 Å². The van der Waals surface area contributed by atoms with E-state index in [2.05, 4.69) is 99.0 Å². The van der Waals surface area contributed by atoms with Crippen molar-refractivity contribution in [3.63, 3.8) is 0 Å². The third kappa shape index (κ3) is 49.7. The maximum absolute atomic E-state index is 13.3. The molecule has 3 atom stereocenters. The molecule has 68 heavy (non-hydrogen) atoms. The highest BCUT2D eigenvalue weighted by Gasteiger charge is 2.24. The number of amides is 1. The van der Waals surface area contributed by atoms with Gasteiger partial charge in [-0.05, 0) is 96.3 Å². The van der Waals surface area contributed by atoms with Crippen LogP contribution in [0.3, 0.4) is 0 Å². The Balaban J connectivity index is 4.59. The number of ether oxygens (including phenoxy) is 1. The molecule has 6 nitrogen and oxygen atoms in total. The molecule has 0 rings (SSSR count). The highest BCUT2D eigenvalue weighted by molar-refractivity contribution is 5.77. The van der Waals surface area contributed by atoms with Crippen molar-refractivity contribution < 1.29 is 24.5 Å². The molecule has 0 aromatic rings. The normalized spacial score (nSPS) is 13.7. The van der Waals surface area contributed by atoms with Crippen LogP contribution in [0.1, 0.15) is 284 Å². The molecule has 0 heterocycles. The molecule has 1 amide bonds. The topological polar surface area (TPSA) is 95.9 Å². The lowest BCUT2D eigenvalue weighted by molar-refractivity contribution is -0.151. The number of unbranched alkanes of at least 4 members (excludes halogenated alkanes) is 29. The van der Waals surface area contributed by atoms with Gasteiger partial charge in [-0.1, -0.05) is 248 Å². The smallest absolute Gasteiger partial charge is 0.306 e. The Morgan fingerprint density at radius 3 is 1.25 bits per heavy atom. The van der Waals surface area contributed by atoms with Crippen LogP contribution < -0.4 is 5.32 Å². The molecule has 0 aliphatic carbocycles. The summed E-state index contributed by atoms with van der Waals surface area (Å²) in [6.45, 7) is 6.43. The van der Waals surface area contributed by atoms with Crippen molar-refractivity contribution in [3.05, 3.63) is 72.9 Å². The van der Waals surface area contributed by atoms with E-state index in [1.54, 1.807) is 0 Å². The predicted molar refractivity (Wildman–Crippen MR) is 296 cm³/mol. The molecule has 3 N–H and O–H groups in total. The fourth-order valence-electron chi connectivity index (χ4n) is 8.58. The number of nitrogens with one attached hydrogen (secondary N) is 1. The van der Waals surface area contributed by atoms with E-state index >= 15 is 0 Å². The first-order chi connectivity index (χ1) is 33.5. The number of carbonyl (C=O) groups excluding carboxylic acids is 2. The highest BCUT2D eigenvalue weighted by atomic mass is 16.5. The van der Waals surface area contributed by atoms with E-state index in [4.69, 9.17) is 4.74 Å². The summed E-state index contributed by atoms with van der Waals surface area (Å²) in [5.74, 6) is -0.527. The standard InChI is InChI=1S/C62H111NO5/c1-4-7-10-13-16-19-22-25-27-29-30-32-34-37-40-43-46-49-52-55-62(67)68-58(53-50-47-44-41-38-35-24-21-18-15-12-9-6-3)56-61(66)63-59(57-64)60(65)54-51-48-45-42-39-36-33-31-28-26-23-20-17-14-11-8-5-2/h16,18-19,21,24-25,27,30,32,35,37,40,58-60,64-65H,4-15,17,20,22-23,26,28-29,31,33-34,36,38-39,41-57H2,1-3H3,(H,63,66)/b19-16-,21-18+,27-25-,32-30-,35-24+,40-37-. The van der Waals surface area contributed by atoms with Gasteiger partial charge in [-0.25, -0.2) is 0 Å². The molecule has 394 valence electrons. The fraction of sp³-hybridized carbons (Fsp3) is 0.774. The van der Waals surface area contributed by atoms with Gasteiger partial charge in [-0.15, -0.1) is 0 Å². The molecule has 0 saturated heterocycles. The second-order valence-corrected chi connectivity index (χ2v) is 19.7.